The van der Waals surface area contributed by atoms with Gasteiger partial charge in [0.15, 0.2) is 6.29 Å². The third kappa shape index (κ3) is 3.88. The number of hydrogen-bond donors (Lipinski definition) is 3. The Morgan fingerprint density at radius 2 is 1.79 bits per heavy atom. The van der Waals surface area contributed by atoms with E-state index in [0.29, 0.717) is 18.4 Å². The number of hydrogen-bond acceptors (Lipinski definition) is 8. The number of ether oxygens (including phenoxy) is 4. The van der Waals surface area contributed by atoms with Crippen molar-refractivity contribution in [3.8, 4) is 0 Å². The van der Waals surface area contributed by atoms with Crippen LogP contribution in [0.25, 0.3) is 0 Å². The molecule has 2 heterocycles. The summed E-state index contributed by atoms with van der Waals surface area (Å²) in [7, 11) is 1.49. The lowest BCUT2D eigenvalue weighted by Gasteiger charge is -2.64. The van der Waals surface area contributed by atoms with Gasteiger partial charge in [-0.25, -0.2) is 4.79 Å². The number of carbonyl (C=O) groups excluding carboxylic acids is 1. The Morgan fingerprint density at radius 3 is 2.50 bits per heavy atom. The predicted octanol–water partition coefficient (Wildman–Crippen LogP) is 3.11. The van der Waals surface area contributed by atoms with Gasteiger partial charge in [0.25, 0.3) is 0 Å². The fourth-order valence-corrected chi connectivity index (χ4v) is 10.1. The highest BCUT2D eigenvalue weighted by molar-refractivity contribution is 5.85. The molecule has 0 aromatic heterocycles. The van der Waals surface area contributed by atoms with Crippen LogP contribution in [0.2, 0.25) is 0 Å². The van der Waals surface area contributed by atoms with Gasteiger partial charge in [0, 0.05) is 18.6 Å². The average molecular weight is 535 g/mol. The molecule has 8 heteroatoms. The molecule has 0 unspecified atom stereocenters. The van der Waals surface area contributed by atoms with Crippen molar-refractivity contribution in [1.82, 2.24) is 0 Å². The van der Waals surface area contributed by atoms with Crippen molar-refractivity contribution >= 4 is 5.97 Å². The van der Waals surface area contributed by atoms with Crippen LogP contribution in [0.5, 0.6) is 0 Å². The minimum Gasteiger partial charge on any atom is -0.458 e. The van der Waals surface area contributed by atoms with Crippen LogP contribution in [0.4, 0.5) is 0 Å². The first-order valence-corrected chi connectivity index (χ1v) is 14.8. The summed E-state index contributed by atoms with van der Waals surface area (Å²) in [6.07, 6.45) is 6.45. The highest BCUT2D eigenvalue weighted by Crippen LogP contribution is 2.70. The van der Waals surface area contributed by atoms with Crippen molar-refractivity contribution in [3.63, 3.8) is 0 Å². The van der Waals surface area contributed by atoms with E-state index in [0.717, 1.165) is 63.4 Å². The van der Waals surface area contributed by atoms with Crippen molar-refractivity contribution in [2.24, 2.45) is 34.5 Å². The lowest BCUT2D eigenvalue weighted by Crippen LogP contribution is -2.62. The number of fused-ring (bicyclic) bond motifs is 5. The van der Waals surface area contributed by atoms with E-state index in [1.165, 1.54) is 7.11 Å². The smallest absolute Gasteiger partial charge is 0.331 e. The fourth-order valence-electron chi connectivity index (χ4n) is 10.1. The Kier molecular flexibility index (Phi) is 6.80. The molecule has 0 bridgehead atoms. The molecule has 5 fully saturated rings. The van der Waals surface area contributed by atoms with Gasteiger partial charge >= 0.3 is 5.97 Å². The van der Waals surface area contributed by atoms with E-state index in [4.69, 9.17) is 18.9 Å². The van der Waals surface area contributed by atoms with Crippen LogP contribution in [-0.2, 0) is 23.7 Å². The molecule has 2 aliphatic heterocycles. The molecule has 13 atom stereocenters. The van der Waals surface area contributed by atoms with E-state index in [-0.39, 0.29) is 34.7 Å². The summed E-state index contributed by atoms with van der Waals surface area (Å²) in [5.41, 5.74) is 0.300. The van der Waals surface area contributed by atoms with Crippen LogP contribution >= 0.6 is 0 Å². The van der Waals surface area contributed by atoms with Crippen LogP contribution in [0, 0.1) is 34.5 Å². The molecule has 0 aromatic rings. The van der Waals surface area contributed by atoms with E-state index < -0.39 is 36.3 Å². The Bertz CT molecular complexity index is 968. The number of cyclic esters (lactones) is 1. The van der Waals surface area contributed by atoms with Crippen LogP contribution in [0.3, 0.4) is 0 Å². The number of methoxy groups -OCH3 is 1. The standard InChI is InChI=1S/C30H46O8/c1-16-24(32)26(35-4)25(33)27(37-16)38-19-7-10-28(2)18(14-19)5-6-22-21(28)8-11-29(3)20(9-12-30(22,29)34)17-13-23(31)36-15-17/h13,16,18-22,24-27,32-34H,5-12,14-15H2,1-4H3/t16-,18-,19-,20-,21+,22-,24-,25+,26-,27-,28-,29+,30-/m0/s1. The maximum absolute atomic E-state index is 12.4. The zero-order chi connectivity index (χ0) is 27.0. The van der Waals surface area contributed by atoms with Gasteiger partial charge < -0.3 is 34.3 Å². The highest BCUT2D eigenvalue weighted by Gasteiger charge is 2.67. The van der Waals surface area contributed by atoms with E-state index in [9.17, 15) is 20.1 Å². The molecule has 0 aromatic carbocycles. The van der Waals surface area contributed by atoms with Gasteiger partial charge in [0.2, 0.25) is 0 Å². The van der Waals surface area contributed by atoms with Gasteiger partial charge in [-0.05, 0) is 99.4 Å². The molecule has 214 valence electrons. The van der Waals surface area contributed by atoms with Gasteiger partial charge in [0.05, 0.1) is 17.8 Å². The number of esters is 1. The summed E-state index contributed by atoms with van der Waals surface area (Å²) in [5, 5.41) is 33.5. The van der Waals surface area contributed by atoms with E-state index in [1.54, 1.807) is 13.0 Å². The quantitative estimate of drug-likeness (QED) is 0.372. The molecule has 4 saturated carbocycles. The molecule has 3 N–H and O–H groups in total. The summed E-state index contributed by atoms with van der Waals surface area (Å²) in [6, 6.07) is 0. The van der Waals surface area contributed by atoms with Crippen LogP contribution in [0.15, 0.2) is 11.6 Å². The molecule has 1 saturated heterocycles. The van der Waals surface area contributed by atoms with Gasteiger partial charge in [-0.15, -0.1) is 0 Å². The monoisotopic (exact) mass is 534 g/mol. The first kappa shape index (κ1) is 27.2. The molecule has 0 spiro atoms. The Hall–Kier alpha value is -1.03. The minimum atomic E-state index is -1.04. The topological polar surface area (TPSA) is 115 Å². The minimum absolute atomic E-state index is 0.0103. The summed E-state index contributed by atoms with van der Waals surface area (Å²) in [4.78, 5) is 11.8. The second-order valence-corrected chi connectivity index (χ2v) is 13.7. The Labute approximate surface area is 226 Å². The summed E-state index contributed by atoms with van der Waals surface area (Å²) in [5.74, 6) is 1.22. The van der Waals surface area contributed by atoms with E-state index in [2.05, 4.69) is 13.8 Å². The third-order valence-corrected chi connectivity index (χ3v) is 12.3. The van der Waals surface area contributed by atoms with Gasteiger partial charge in [-0.1, -0.05) is 13.8 Å². The van der Waals surface area contributed by atoms with Gasteiger partial charge in [-0.3, -0.25) is 0 Å². The summed E-state index contributed by atoms with van der Waals surface area (Å²) >= 11 is 0. The number of aliphatic hydroxyl groups is 3. The lowest BCUT2D eigenvalue weighted by molar-refractivity contribution is -0.313. The first-order valence-electron chi connectivity index (χ1n) is 14.8. The highest BCUT2D eigenvalue weighted by atomic mass is 16.7. The van der Waals surface area contributed by atoms with Gasteiger partial charge in [0.1, 0.15) is 24.9 Å². The maximum Gasteiger partial charge on any atom is 0.331 e. The van der Waals surface area contributed by atoms with Crippen molar-refractivity contribution in [2.45, 2.75) is 121 Å². The molecule has 38 heavy (non-hydrogen) atoms. The molecule has 0 radical (unpaired) electrons. The molecule has 4 aliphatic carbocycles. The molecule has 8 nitrogen and oxygen atoms in total. The zero-order valence-electron chi connectivity index (χ0n) is 23.3. The average Bonchev–Trinajstić information content (AvgIpc) is 3.43. The Morgan fingerprint density at radius 1 is 1.00 bits per heavy atom. The lowest BCUT2D eigenvalue weighted by atomic mass is 9.43. The van der Waals surface area contributed by atoms with E-state index in [1.807, 2.05) is 0 Å². The van der Waals surface area contributed by atoms with Crippen molar-refractivity contribution in [1.29, 1.82) is 0 Å². The third-order valence-electron chi connectivity index (χ3n) is 12.3. The molecule has 6 rings (SSSR count). The normalized spacial score (nSPS) is 54.5. The summed E-state index contributed by atoms with van der Waals surface area (Å²) in [6.45, 7) is 6.87. The van der Waals surface area contributed by atoms with Crippen molar-refractivity contribution < 1.29 is 39.1 Å². The molecule has 0 amide bonds. The van der Waals surface area contributed by atoms with Crippen LogP contribution in [0.1, 0.15) is 78.6 Å². The fraction of sp³-hybridized carbons (Fsp3) is 0.900. The molecular formula is C30H46O8. The first-order chi connectivity index (χ1) is 18.0. The second kappa shape index (κ2) is 9.52. The number of carbonyl (C=O) groups is 1. The molecular weight excluding hydrogens is 488 g/mol. The van der Waals surface area contributed by atoms with Crippen molar-refractivity contribution in [2.75, 3.05) is 13.7 Å². The van der Waals surface area contributed by atoms with Crippen molar-refractivity contribution in [3.05, 3.63) is 11.6 Å². The SMILES string of the molecule is CO[C@H]1[C@@H](O)[C@H](C)O[C@@H](O[C@H]2CC[C@@]3(C)[C@@H](CC[C@H]4[C@H]3CC[C@]3(C)[C@H](C5=CC(=O)OC5)CC[C@]43O)C2)[C@@H]1O. The predicted molar refractivity (Wildman–Crippen MR) is 138 cm³/mol. The number of aliphatic hydroxyl groups excluding tert-OH is 2. The maximum atomic E-state index is 12.4. The molecule has 6 aliphatic rings. The number of rotatable bonds is 4. The zero-order valence-corrected chi connectivity index (χ0v) is 23.3. The van der Waals surface area contributed by atoms with Crippen LogP contribution in [-0.4, -0.2) is 77.4 Å². The largest absolute Gasteiger partial charge is 0.458 e. The Balaban J connectivity index is 1.16. The second-order valence-electron chi connectivity index (χ2n) is 13.7. The van der Waals surface area contributed by atoms with E-state index >= 15 is 0 Å². The van der Waals surface area contributed by atoms with Gasteiger partial charge in [-0.2, -0.15) is 0 Å². The van der Waals surface area contributed by atoms with Crippen LogP contribution < -0.4 is 0 Å². The summed E-state index contributed by atoms with van der Waals surface area (Å²) < 4.78 is 22.8.